The summed E-state index contributed by atoms with van der Waals surface area (Å²) in [5, 5.41) is 0. The summed E-state index contributed by atoms with van der Waals surface area (Å²) in [7, 11) is 0. The average Bonchev–Trinajstić information content (AvgIpc) is 2.29. The summed E-state index contributed by atoms with van der Waals surface area (Å²) in [6.45, 7) is 0. The number of amides is 2. The lowest BCUT2D eigenvalue weighted by Gasteiger charge is -1.95. The molecule has 0 radical (unpaired) electrons. The Morgan fingerprint density at radius 1 is 1.46 bits per heavy atom. The third kappa shape index (κ3) is 2.53. The number of rotatable bonds is 3. The molecule has 1 rings (SSSR count). The molecule has 0 aliphatic rings. The van der Waals surface area contributed by atoms with E-state index in [4.69, 9.17) is 11.5 Å². The van der Waals surface area contributed by atoms with E-state index in [2.05, 4.69) is 15.9 Å². The van der Waals surface area contributed by atoms with Crippen LogP contribution in [0.3, 0.4) is 0 Å². The van der Waals surface area contributed by atoms with E-state index in [1.807, 2.05) is 0 Å². The number of hydrogen-bond acceptors (Lipinski definition) is 3. The standard InChI is InChI=1S/C7H7BrN2O2S/c8-5-1-3(7(10)12)4(13-5)2-6(9)11/h1H,2H2,(H2,9,11)(H2,10,12). The fourth-order valence-corrected chi connectivity index (χ4v) is 2.61. The first-order chi connectivity index (χ1) is 6.00. The van der Waals surface area contributed by atoms with Crippen molar-refractivity contribution in [2.24, 2.45) is 11.5 Å². The number of nitrogens with two attached hydrogens (primary N) is 2. The zero-order valence-electron chi connectivity index (χ0n) is 6.54. The smallest absolute Gasteiger partial charge is 0.249 e. The quantitative estimate of drug-likeness (QED) is 0.838. The highest BCUT2D eigenvalue weighted by atomic mass is 79.9. The van der Waals surface area contributed by atoms with Gasteiger partial charge in [-0.15, -0.1) is 11.3 Å². The highest BCUT2D eigenvalue weighted by molar-refractivity contribution is 9.11. The van der Waals surface area contributed by atoms with Crippen LogP contribution in [0.15, 0.2) is 9.85 Å². The topological polar surface area (TPSA) is 86.2 Å². The minimum absolute atomic E-state index is 0.0501. The predicted molar refractivity (Wildman–Crippen MR) is 53.4 cm³/mol. The van der Waals surface area contributed by atoms with Crippen LogP contribution < -0.4 is 11.5 Å². The van der Waals surface area contributed by atoms with Gasteiger partial charge in [-0.3, -0.25) is 9.59 Å². The SMILES string of the molecule is NC(=O)Cc1sc(Br)cc1C(N)=O. The number of carbonyl (C=O) groups is 2. The first-order valence-corrected chi connectivity index (χ1v) is 4.98. The third-order valence-corrected chi connectivity index (χ3v) is 3.02. The molecule has 0 aliphatic carbocycles. The Morgan fingerprint density at radius 3 is 2.54 bits per heavy atom. The van der Waals surface area contributed by atoms with E-state index in [1.165, 1.54) is 11.3 Å². The van der Waals surface area contributed by atoms with Gasteiger partial charge in [-0.2, -0.15) is 0 Å². The van der Waals surface area contributed by atoms with Crippen LogP contribution in [0.4, 0.5) is 0 Å². The molecule has 1 aromatic heterocycles. The Kier molecular flexibility index (Phi) is 3.05. The monoisotopic (exact) mass is 262 g/mol. The summed E-state index contributed by atoms with van der Waals surface area (Å²) in [6, 6.07) is 1.59. The van der Waals surface area contributed by atoms with Gasteiger partial charge in [0, 0.05) is 4.88 Å². The molecule has 6 heteroatoms. The van der Waals surface area contributed by atoms with Crippen LogP contribution in [-0.4, -0.2) is 11.8 Å². The third-order valence-electron chi connectivity index (χ3n) is 1.38. The lowest BCUT2D eigenvalue weighted by Crippen LogP contribution is -2.17. The Balaban J connectivity index is 3.04. The lowest BCUT2D eigenvalue weighted by atomic mass is 10.2. The highest BCUT2D eigenvalue weighted by Crippen LogP contribution is 2.27. The molecule has 0 spiro atoms. The summed E-state index contributed by atoms with van der Waals surface area (Å²) in [6.07, 6.45) is 0.0501. The Morgan fingerprint density at radius 2 is 2.08 bits per heavy atom. The maximum absolute atomic E-state index is 10.9. The minimum atomic E-state index is -0.543. The molecule has 0 saturated heterocycles. The largest absolute Gasteiger partial charge is 0.369 e. The first-order valence-electron chi connectivity index (χ1n) is 3.37. The molecule has 0 bridgehead atoms. The molecule has 4 N–H and O–H groups in total. The second kappa shape index (κ2) is 3.89. The van der Waals surface area contributed by atoms with Crippen LogP contribution in [0.1, 0.15) is 15.2 Å². The molecule has 4 nitrogen and oxygen atoms in total. The van der Waals surface area contributed by atoms with Gasteiger partial charge in [0.05, 0.1) is 15.8 Å². The van der Waals surface area contributed by atoms with Crippen molar-refractivity contribution in [2.75, 3.05) is 0 Å². The van der Waals surface area contributed by atoms with Gasteiger partial charge in [0.1, 0.15) is 0 Å². The van der Waals surface area contributed by atoms with Gasteiger partial charge in [-0.05, 0) is 22.0 Å². The van der Waals surface area contributed by atoms with Crippen molar-refractivity contribution in [1.29, 1.82) is 0 Å². The minimum Gasteiger partial charge on any atom is -0.369 e. The van der Waals surface area contributed by atoms with E-state index in [0.29, 0.717) is 10.4 Å². The highest BCUT2D eigenvalue weighted by Gasteiger charge is 2.13. The number of halogens is 1. The second-order valence-electron chi connectivity index (χ2n) is 2.39. The van der Waals surface area contributed by atoms with E-state index < -0.39 is 11.8 Å². The first kappa shape index (κ1) is 10.2. The van der Waals surface area contributed by atoms with Crippen LogP contribution in [0.2, 0.25) is 0 Å². The Bertz CT molecular complexity index is 361. The van der Waals surface area contributed by atoms with Gasteiger partial charge in [0.2, 0.25) is 11.8 Å². The molecule has 0 saturated carbocycles. The van der Waals surface area contributed by atoms with Crippen molar-refractivity contribution in [3.8, 4) is 0 Å². The molecule has 0 aromatic carbocycles. The van der Waals surface area contributed by atoms with Crippen LogP contribution in [0, 0.1) is 0 Å². The molecule has 1 aromatic rings. The van der Waals surface area contributed by atoms with E-state index in [1.54, 1.807) is 6.07 Å². The van der Waals surface area contributed by atoms with Gasteiger partial charge in [-0.1, -0.05) is 0 Å². The number of hydrogen-bond donors (Lipinski definition) is 2. The van der Waals surface area contributed by atoms with Crippen molar-refractivity contribution in [1.82, 2.24) is 0 Å². The summed E-state index contributed by atoms with van der Waals surface area (Å²) >= 11 is 4.49. The fraction of sp³-hybridized carbons (Fsp3) is 0.143. The van der Waals surface area contributed by atoms with Crippen LogP contribution in [-0.2, 0) is 11.2 Å². The van der Waals surface area contributed by atoms with Gasteiger partial charge < -0.3 is 11.5 Å². The van der Waals surface area contributed by atoms with Gasteiger partial charge in [0.15, 0.2) is 0 Å². The molecule has 0 fully saturated rings. The zero-order chi connectivity index (χ0) is 10.0. The van der Waals surface area contributed by atoms with Gasteiger partial charge in [-0.25, -0.2) is 0 Å². The van der Waals surface area contributed by atoms with Crippen LogP contribution in [0.25, 0.3) is 0 Å². The van der Waals surface area contributed by atoms with Gasteiger partial charge in [0.25, 0.3) is 0 Å². The maximum Gasteiger partial charge on any atom is 0.249 e. The molecular weight excluding hydrogens is 256 g/mol. The average molecular weight is 263 g/mol. The molecule has 1 heterocycles. The Labute approximate surface area is 87.0 Å². The van der Waals surface area contributed by atoms with Crippen molar-refractivity contribution in [3.05, 3.63) is 20.3 Å². The normalized spacial score (nSPS) is 9.92. The molecule has 70 valence electrons. The lowest BCUT2D eigenvalue weighted by molar-refractivity contribution is -0.117. The summed E-state index contributed by atoms with van der Waals surface area (Å²) in [5.74, 6) is -1.02. The number of carbonyl (C=O) groups excluding carboxylic acids is 2. The molecule has 13 heavy (non-hydrogen) atoms. The van der Waals surface area contributed by atoms with E-state index >= 15 is 0 Å². The summed E-state index contributed by atoms with van der Waals surface area (Å²) < 4.78 is 0.762. The molecule has 0 aliphatic heterocycles. The maximum atomic E-state index is 10.9. The van der Waals surface area contributed by atoms with Crippen molar-refractivity contribution in [3.63, 3.8) is 0 Å². The van der Waals surface area contributed by atoms with Crippen LogP contribution >= 0.6 is 27.3 Å². The van der Waals surface area contributed by atoms with Crippen molar-refractivity contribution < 1.29 is 9.59 Å². The zero-order valence-corrected chi connectivity index (χ0v) is 8.94. The molecule has 0 unspecified atom stereocenters. The van der Waals surface area contributed by atoms with Crippen LogP contribution in [0.5, 0.6) is 0 Å². The molecule has 2 amide bonds. The molecule has 0 atom stereocenters. The Hall–Kier alpha value is -0.880. The second-order valence-corrected chi connectivity index (χ2v) is 4.91. The number of primary amides is 2. The summed E-state index contributed by atoms with van der Waals surface area (Å²) in [4.78, 5) is 22.1. The fourth-order valence-electron chi connectivity index (χ4n) is 0.894. The van der Waals surface area contributed by atoms with Gasteiger partial charge >= 0.3 is 0 Å². The predicted octanol–water partition coefficient (Wildman–Crippen LogP) is 0.637. The van der Waals surface area contributed by atoms with E-state index in [0.717, 1.165) is 3.79 Å². The van der Waals surface area contributed by atoms with E-state index in [-0.39, 0.29) is 6.42 Å². The molecular formula is C7H7BrN2O2S. The number of thiophene rings is 1. The van der Waals surface area contributed by atoms with Crippen molar-refractivity contribution >= 4 is 39.1 Å². The van der Waals surface area contributed by atoms with E-state index in [9.17, 15) is 9.59 Å². The van der Waals surface area contributed by atoms with Crippen molar-refractivity contribution in [2.45, 2.75) is 6.42 Å². The summed E-state index contributed by atoms with van der Waals surface area (Å²) in [5.41, 5.74) is 10.5.